The molecule has 0 radical (unpaired) electrons. The van der Waals surface area contributed by atoms with Crippen molar-refractivity contribution in [2.45, 2.75) is 12.7 Å². The van der Waals surface area contributed by atoms with Crippen molar-refractivity contribution in [1.29, 1.82) is 0 Å². The molecule has 0 N–H and O–H groups in total. The van der Waals surface area contributed by atoms with E-state index in [2.05, 4.69) is 4.98 Å². The third kappa shape index (κ3) is 3.87. The number of hydrogen-bond acceptors (Lipinski definition) is 2. The Morgan fingerprint density at radius 1 is 0.967 bits per heavy atom. The van der Waals surface area contributed by atoms with E-state index in [-0.39, 0.29) is 5.82 Å². The van der Waals surface area contributed by atoms with E-state index in [1.807, 2.05) is 35.7 Å². The molecular weight excluding hydrogens is 394 g/mol. The number of fused-ring (bicyclic) bond motifs is 1. The first-order valence-corrected chi connectivity index (χ1v) is 9.31. The number of nitrogens with zero attached hydrogens (tertiary/aromatic N) is 3. The second-order valence-corrected chi connectivity index (χ2v) is 7.32. The summed E-state index contributed by atoms with van der Waals surface area (Å²) in [6, 6.07) is 15.3. The monoisotopic (exact) mass is 413 g/mol. The van der Waals surface area contributed by atoms with Crippen LogP contribution in [0.4, 0.5) is 23.4 Å². The Morgan fingerprint density at radius 3 is 2.40 bits per heavy atom. The molecule has 0 saturated carbocycles. The fraction of sp³-hybridized carbons (Fsp3) is 0.174. The van der Waals surface area contributed by atoms with Gasteiger partial charge in [-0.05, 0) is 54.1 Å². The molecule has 0 aliphatic carbocycles. The van der Waals surface area contributed by atoms with Gasteiger partial charge in [0.25, 0.3) is 0 Å². The second kappa shape index (κ2) is 7.48. The average Bonchev–Trinajstić information content (AvgIpc) is 3.05. The normalized spacial score (nSPS) is 11.8. The van der Waals surface area contributed by atoms with Crippen LogP contribution in [0.1, 0.15) is 11.1 Å². The molecule has 0 saturated heterocycles. The molecule has 0 aliphatic heterocycles. The van der Waals surface area contributed by atoms with Gasteiger partial charge in [0.1, 0.15) is 11.6 Å². The van der Waals surface area contributed by atoms with Crippen LogP contribution in [0.5, 0.6) is 0 Å². The first-order chi connectivity index (χ1) is 14.2. The van der Waals surface area contributed by atoms with Gasteiger partial charge in [0.05, 0.1) is 11.3 Å². The number of hydrogen-bond donors (Lipinski definition) is 0. The van der Waals surface area contributed by atoms with E-state index in [1.54, 1.807) is 24.4 Å². The van der Waals surface area contributed by atoms with Gasteiger partial charge in [0.15, 0.2) is 0 Å². The molecular formula is C23H19F4N3. The lowest BCUT2D eigenvalue weighted by Gasteiger charge is -2.14. The van der Waals surface area contributed by atoms with Crippen molar-refractivity contribution in [3.8, 4) is 11.3 Å². The minimum atomic E-state index is -4.42. The highest BCUT2D eigenvalue weighted by Gasteiger charge is 2.30. The van der Waals surface area contributed by atoms with Crippen LogP contribution in [0.25, 0.3) is 22.2 Å². The molecule has 4 aromatic rings. The standard InChI is InChI=1S/C23H19F4N3/c1-29(2)22-9-6-16(13-28-22)21-12-17-11-18(23(25,26)27)7-8-20(17)30(21)14-15-4-3-5-19(24)10-15/h3-13H,14H2,1-2H3. The van der Waals surface area contributed by atoms with E-state index in [0.717, 1.165) is 23.5 Å². The zero-order chi connectivity index (χ0) is 21.5. The van der Waals surface area contributed by atoms with Gasteiger partial charge in [-0.1, -0.05) is 12.1 Å². The van der Waals surface area contributed by atoms with Gasteiger partial charge in [-0.3, -0.25) is 0 Å². The molecule has 0 atom stereocenters. The number of alkyl halides is 3. The second-order valence-electron chi connectivity index (χ2n) is 7.32. The van der Waals surface area contributed by atoms with Crippen molar-refractivity contribution >= 4 is 16.7 Å². The zero-order valence-corrected chi connectivity index (χ0v) is 16.4. The number of benzene rings is 2. The third-order valence-electron chi connectivity index (χ3n) is 4.96. The fourth-order valence-corrected chi connectivity index (χ4v) is 3.48. The van der Waals surface area contributed by atoms with Crippen LogP contribution in [0.2, 0.25) is 0 Å². The Kier molecular flexibility index (Phi) is 4.97. The molecule has 2 heterocycles. The summed E-state index contributed by atoms with van der Waals surface area (Å²) in [5.74, 6) is 0.410. The third-order valence-corrected chi connectivity index (χ3v) is 4.96. The fourth-order valence-electron chi connectivity index (χ4n) is 3.48. The summed E-state index contributed by atoms with van der Waals surface area (Å²) in [5.41, 5.74) is 2.13. The summed E-state index contributed by atoms with van der Waals surface area (Å²) in [6.07, 6.45) is -2.73. The SMILES string of the molecule is CN(C)c1ccc(-c2cc3cc(C(F)(F)F)ccc3n2Cc2cccc(F)c2)cn1. The highest BCUT2D eigenvalue weighted by molar-refractivity contribution is 5.88. The number of pyridine rings is 1. The lowest BCUT2D eigenvalue weighted by Crippen LogP contribution is -2.10. The van der Waals surface area contributed by atoms with E-state index in [0.29, 0.717) is 28.7 Å². The molecule has 0 unspecified atom stereocenters. The van der Waals surface area contributed by atoms with Crippen molar-refractivity contribution < 1.29 is 17.6 Å². The average molecular weight is 413 g/mol. The van der Waals surface area contributed by atoms with Gasteiger partial charge in [0.2, 0.25) is 0 Å². The maximum Gasteiger partial charge on any atom is 0.416 e. The van der Waals surface area contributed by atoms with Crippen molar-refractivity contribution in [2.75, 3.05) is 19.0 Å². The van der Waals surface area contributed by atoms with Gasteiger partial charge in [-0.2, -0.15) is 13.2 Å². The van der Waals surface area contributed by atoms with Gasteiger partial charge in [0, 0.05) is 43.3 Å². The summed E-state index contributed by atoms with van der Waals surface area (Å²) in [6.45, 7) is 0.317. The van der Waals surface area contributed by atoms with Gasteiger partial charge >= 0.3 is 6.18 Å². The van der Waals surface area contributed by atoms with E-state index in [9.17, 15) is 17.6 Å². The summed E-state index contributed by atoms with van der Waals surface area (Å²) >= 11 is 0. The predicted octanol–water partition coefficient (Wildman–Crippen LogP) is 5.98. The Balaban J connectivity index is 1.87. The smallest absolute Gasteiger partial charge is 0.363 e. The summed E-state index contributed by atoms with van der Waals surface area (Å²) in [5, 5.41) is 0.466. The highest BCUT2D eigenvalue weighted by Crippen LogP contribution is 2.35. The van der Waals surface area contributed by atoms with Crippen molar-refractivity contribution in [1.82, 2.24) is 9.55 Å². The molecule has 0 aliphatic rings. The predicted molar refractivity (Wildman–Crippen MR) is 110 cm³/mol. The van der Waals surface area contributed by atoms with E-state index in [1.165, 1.54) is 18.2 Å². The van der Waals surface area contributed by atoms with Gasteiger partial charge < -0.3 is 9.47 Å². The Morgan fingerprint density at radius 2 is 1.77 bits per heavy atom. The van der Waals surface area contributed by atoms with Crippen LogP contribution in [0.3, 0.4) is 0 Å². The quantitative estimate of drug-likeness (QED) is 0.384. The minimum absolute atomic E-state index is 0.317. The lowest BCUT2D eigenvalue weighted by atomic mass is 10.1. The van der Waals surface area contributed by atoms with Crippen molar-refractivity contribution in [2.24, 2.45) is 0 Å². The first-order valence-electron chi connectivity index (χ1n) is 9.31. The maximum absolute atomic E-state index is 13.7. The van der Waals surface area contributed by atoms with Gasteiger partial charge in [-0.25, -0.2) is 9.37 Å². The summed E-state index contributed by atoms with van der Waals surface area (Å²) < 4.78 is 55.2. The summed E-state index contributed by atoms with van der Waals surface area (Å²) in [4.78, 5) is 6.28. The first kappa shape index (κ1) is 19.9. The van der Waals surface area contributed by atoms with E-state index >= 15 is 0 Å². The number of anilines is 1. The molecule has 3 nitrogen and oxygen atoms in total. The molecule has 2 aromatic carbocycles. The van der Waals surface area contributed by atoms with E-state index in [4.69, 9.17) is 0 Å². The van der Waals surface area contributed by atoms with Gasteiger partial charge in [-0.15, -0.1) is 0 Å². The van der Waals surface area contributed by atoms with Crippen molar-refractivity contribution in [3.63, 3.8) is 0 Å². The maximum atomic E-state index is 13.7. The molecule has 154 valence electrons. The highest BCUT2D eigenvalue weighted by atomic mass is 19.4. The molecule has 0 bridgehead atoms. The minimum Gasteiger partial charge on any atom is -0.363 e. The Labute approximate surface area is 171 Å². The van der Waals surface area contributed by atoms with E-state index < -0.39 is 11.7 Å². The molecule has 4 rings (SSSR count). The van der Waals surface area contributed by atoms with Crippen LogP contribution in [-0.2, 0) is 12.7 Å². The zero-order valence-electron chi connectivity index (χ0n) is 16.4. The van der Waals surface area contributed by atoms with Crippen LogP contribution >= 0.6 is 0 Å². The molecule has 30 heavy (non-hydrogen) atoms. The lowest BCUT2D eigenvalue weighted by molar-refractivity contribution is -0.137. The van der Waals surface area contributed by atoms with Crippen LogP contribution in [0.15, 0.2) is 66.9 Å². The van der Waals surface area contributed by atoms with Crippen LogP contribution in [-0.4, -0.2) is 23.6 Å². The van der Waals surface area contributed by atoms with Crippen LogP contribution < -0.4 is 4.90 Å². The van der Waals surface area contributed by atoms with Crippen LogP contribution in [0, 0.1) is 5.82 Å². The van der Waals surface area contributed by atoms with Crippen molar-refractivity contribution in [3.05, 3.63) is 83.8 Å². The Hall–Kier alpha value is -3.35. The molecule has 0 spiro atoms. The largest absolute Gasteiger partial charge is 0.416 e. The molecule has 7 heteroatoms. The number of halogens is 4. The number of aromatic nitrogens is 2. The molecule has 0 amide bonds. The molecule has 2 aromatic heterocycles. The number of rotatable bonds is 4. The topological polar surface area (TPSA) is 21.1 Å². The summed E-state index contributed by atoms with van der Waals surface area (Å²) in [7, 11) is 3.75. The Bertz CT molecular complexity index is 1190. The molecule has 0 fully saturated rings.